The molecular formula is C18H18Cl2N2O5. The Hall–Kier alpha value is -2.51. The molecule has 9 heteroatoms. The Bertz CT molecular complexity index is 823. The normalized spacial score (nSPS) is 12.7. The highest BCUT2D eigenvalue weighted by Gasteiger charge is 2.21. The summed E-state index contributed by atoms with van der Waals surface area (Å²) in [7, 11) is 0. The zero-order valence-corrected chi connectivity index (χ0v) is 16.1. The molecule has 0 saturated heterocycles. The molecule has 1 aromatic carbocycles. The number of rotatable bonds is 7. The lowest BCUT2D eigenvalue weighted by Crippen LogP contribution is -2.39. The largest absolute Gasteiger partial charge is 0.459 e. The minimum Gasteiger partial charge on any atom is -0.459 e. The number of carbonyl (C=O) groups excluding carboxylic acids is 3. The highest BCUT2D eigenvalue weighted by molar-refractivity contribution is 6.35. The molecule has 0 fully saturated rings. The lowest BCUT2D eigenvalue weighted by atomic mass is 10.1. The second-order valence-electron chi connectivity index (χ2n) is 5.69. The molecule has 0 aliphatic rings. The van der Waals surface area contributed by atoms with E-state index in [1.807, 2.05) is 0 Å². The monoisotopic (exact) mass is 412 g/mol. The number of amides is 2. The molecule has 2 atom stereocenters. The first-order valence-corrected chi connectivity index (χ1v) is 8.80. The maximum absolute atomic E-state index is 12.2. The average Bonchev–Trinajstić information content (AvgIpc) is 3.14. The van der Waals surface area contributed by atoms with Crippen LogP contribution in [0.4, 0.5) is 0 Å². The van der Waals surface area contributed by atoms with Crippen LogP contribution in [0.1, 0.15) is 36.0 Å². The van der Waals surface area contributed by atoms with Crippen LogP contribution >= 0.6 is 23.2 Å². The molecule has 2 N–H and O–H groups in total. The highest BCUT2D eigenvalue weighted by atomic mass is 35.5. The predicted octanol–water partition coefficient (Wildman–Crippen LogP) is 3.13. The van der Waals surface area contributed by atoms with Gasteiger partial charge in [-0.3, -0.25) is 14.4 Å². The van der Waals surface area contributed by atoms with Crippen molar-refractivity contribution in [2.45, 2.75) is 26.0 Å². The molecule has 1 heterocycles. The van der Waals surface area contributed by atoms with E-state index in [1.54, 1.807) is 31.2 Å². The SMILES string of the molecule is C[C@H](OC(=O)CNC(=O)c1ccco1)C(=O)N[C@H](C)c1ccc(Cl)cc1Cl. The molecule has 0 unspecified atom stereocenters. The van der Waals surface area contributed by atoms with Crippen molar-refractivity contribution in [3.63, 3.8) is 0 Å². The number of hydrogen-bond acceptors (Lipinski definition) is 5. The zero-order chi connectivity index (χ0) is 20.0. The Morgan fingerprint density at radius 2 is 1.93 bits per heavy atom. The lowest BCUT2D eigenvalue weighted by molar-refractivity contribution is -0.154. The molecule has 2 amide bonds. The van der Waals surface area contributed by atoms with Crippen LogP contribution in [0.3, 0.4) is 0 Å². The molecule has 0 aliphatic carbocycles. The van der Waals surface area contributed by atoms with Crippen LogP contribution in [0, 0.1) is 0 Å². The summed E-state index contributed by atoms with van der Waals surface area (Å²) in [5.74, 6) is -1.74. The molecule has 0 radical (unpaired) electrons. The predicted molar refractivity (Wildman–Crippen MR) is 99.6 cm³/mol. The van der Waals surface area contributed by atoms with Crippen molar-refractivity contribution in [2.75, 3.05) is 6.54 Å². The van der Waals surface area contributed by atoms with E-state index in [9.17, 15) is 14.4 Å². The summed E-state index contributed by atoms with van der Waals surface area (Å²) >= 11 is 12.0. The van der Waals surface area contributed by atoms with Gasteiger partial charge in [0.1, 0.15) is 6.54 Å². The van der Waals surface area contributed by atoms with Gasteiger partial charge in [0, 0.05) is 10.0 Å². The topological polar surface area (TPSA) is 97.6 Å². The minimum absolute atomic E-state index is 0.0715. The van der Waals surface area contributed by atoms with E-state index in [2.05, 4.69) is 10.6 Å². The highest BCUT2D eigenvalue weighted by Crippen LogP contribution is 2.26. The van der Waals surface area contributed by atoms with Crippen LogP contribution in [0.25, 0.3) is 0 Å². The van der Waals surface area contributed by atoms with E-state index in [0.717, 1.165) is 0 Å². The average molecular weight is 413 g/mol. The van der Waals surface area contributed by atoms with Crippen molar-refractivity contribution in [1.29, 1.82) is 0 Å². The fraction of sp³-hybridized carbons (Fsp3) is 0.278. The van der Waals surface area contributed by atoms with Gasteiger partial charge in [-0.2, -0.15) is 0 Å². The third kappa shape index (κ3) is 6.01. The summed E-state index contributed by atoms with van der Waals surface area (Å²) in [6, 6.07) is 7.54. The van der Waals surface area contributed by atoms with Crippen LogP contribution < -0.4 is 10.6 Å². The van der Waals surface area contributed by atoms with E-state index < -0.39 is 36.5 Å². The van der Waals surface area contributed by atoms with Gasteiger partial charge in [0.2, 0.25) is 0 Å². The molecule has 2 aromatic rings. The van der Waals surface area contributed by atoms with Gasteiger partial charge in [0.05, 0.1) is 12.3 Å². The van der Waals surface area contributed by atoms with Gasteiger partial charge in [0.25, 0.3) is 11.8 Å². The number of carbonyl (C=O) groups is 3. The van der Waals surface area contributed by atoms with Crippen molar-refractivity contribution in [2.24, 2.45) is 0 Å². The van der Waals surface area contributed by atoms with Crippen molar-refractivity contribution < 1.29 is 23.5 Å². The molecule has 144 valence electrons. The number of halogens is 2. The molecule has 0 spiro atoms. The van der Waals surface area contributed by atoms with Gasteiger partial charge in [-0.15, -0.1) is 0 Å². The van der Waals surface area contributed by atoms with Crippen LogP contribution in [-0.2, 0) is 14.3 Å². The van der Waals surface area contributed by atoms with E-state index >= 15 is 0 Å². The van der Waals surface area contributed by atoms with E-state index in [1.165, 1.54) is 19.3 Å². The fourth-order valence-electron chi connectivity index (χ4n) is 2.20. The summed E-state index contributed by atoms with van der Waals surface area (Å²) in [5.41, 5.74) is 0.679. The molecule has 0 bridgehead atoms. The summed E-state index contributed by atoms with van der Waals surface area (Å²) in [5, 5.41) is 5.95. The Morgan fingerprint density at radius 1 is 1.19 bits per heavy atom. The third-order valence-corrected chi connectivity index (χ3v) is 4.17. The molecule has 0 aliphatic heterocycles. The Morgan fingerprint density at radius 3 is 2.56 bits per heavy atom. The lowest BCUT2D eigenvalue weighted by Gasteiger charge is -2.19. The third-order valence-electron chi connectivity index (χ3n) is 3.60. The first-order valence-electron chi connectivity index (χ1n) is 8.04. The standard InChI is InChI=1S/C18H18Cl2N2O5/c1-10(13-6-5-12(19)8-14(13)20)22-17(24)11(2)27-16(23)9-21-18(25)15-4-3-7-26-15/h3-8,10-11H,9H2,1-2H3,(H,21,25)(H,22,24)/t10-,11+/m1/s1. The Balaban J connectivity index is 1.82. The minimum atomic E-state index is -1.05. The Labute approximate surface area is 166 Å². The number of nitrogens with one attached hydrogen (secondary N) is 2. The first-order chi connectivity index (χ1) is 12.8. The van der Waals surface area contributed by atoms with E-state index in [-0.39, 0.29) is 5.76 Å². The van der Waals surface area contributed by atoms with Crippen LogP contribution in [-0.4, -0.2) is 30.4 Å². The van der Waals surface area contributed by atoms with Crippen molar-refractivity contribution in [1.82, 2.24) is 10.6 Å². The number of hydrogen-bond donors (Lipinski definition) is 2. The molecule has 1 aromatic heterocycles. The summed E-state index contributed by atoms with van der Waals surface area (Å²) in [6.07, 6.45) is 0.292. The van der Waals surface area contributed by atoms with Gasteiger partial charge in [-0.1, -0.05) is 29.3 Å². The van der Waals surface area contributed by atoms with E-state index in [4.69, 9.17) is 32.4 Å². The number of ether oxygens (including phenoxy) is 1. The summed E-state index contributed by atoms with van der Waals surface area (Å²) in [6.45, 7) is 2.78. The second-order valence-corrected chi connectivity index (χ2v) is 6.53. The first kappa shape index (κ1) is 20.8. The van der Waals surface area contributed by atoms with Crippen LogP contribution in [0.5, 0.6) is 0 Å². The zero-order valence-electron chi connectivity index (χ0n) is 14.6. The smallest absolute Gasteiger partial charge is 0.326 e. The quantitative estimate of drug-likeness (QED) is 0.680. The van der Waals surface area contributed by atoms with E-state index in [0.29, 0.717) is 15.6 Å². The maximum atomic E-state index is 12.2. The van der Waals surface area contributed by atoms with Gasteiger partial charge >= 0.3 is 5.97 Å². The molecule has 0 saturated carbocycles. The number of esters is 1. The Kier molecular flexibility index (Phi) is 7.27. The molecular weight excluding hydrogens is 395 g/mol. The maximum Gasteiger partial charge on any atom is 0.326 e. The van der Waals surface area contributed by atoms with Crippen LogP contribution in [0.2, 0.25) is 10.0 Å². The van der Waals surface area contributed by atoms with Gasteiger partial charge < -0.3 is 19.8 Å². The van der Waals surface area contributed by atoms with Crippen molar-refractivity contribution in [3.05, 3.63) is 58.0 Å². The van der Waals surface area contributed by atoms with Gasteiger partial charge in [-0.05, 0) is 43.7 Å². The molecule has 2 rings (SSSR count). The van der Waals surface area contributed by atoms with Crippen molar-refractivity contribution >= 4 is 41.0 Å². The number of benzene rings is 1. The molecule has 7 nitrogen and oxygen atoms in total. The summed E-state index contributed by atoms with van der Waals surface area (Å²) in [4.78, 5) is 35.7. The summed E-state index contributed by atoms with van der Waals surface area (Å²) < 4.78 is 9.92. The van der Waals surface area contributed by atoms with Gasteiger partial charge in [-0.25, -0.2) is 0 Å². The van der Waals surface area contributed by atoms with Gasteiger partial charge in [0.15, 0.2) is 11.9 Å². The second kappa shape index (κ2) is 9.43. The number of furan rings is 1. The fourth-order valence-corrected chi connectivity index (χ4v) is 2.77. The van der Waals surface area contributed by atoms with Crippen LogP contribution in [0.15, 0.2) is 41.0 Å². The molecule has 27 heavy (non-hydrogen) atoms. The van der Waals surface area contributed by atoms with Crippen molar-refractivity contribution in [3.8, 4) is 0 Å².